The molecule has 0 unspecified atom stereocenters. The maximum Gasteiger partial charge on any atom is 0.225 e. The molecule has 0 saturated carbocycles. The topological polar surface area (TPSA) is 142 Å². The summed E-state index contributed by atoms with van der Waals surface area (Å²) in [7, 11) is 0. The third-order valence-corrected chi connectivity index (χ3v) is 6.43. The Morgan fingerprint density at radius 2 is 1.81 bits per heavy atom. The monoisotopic (exact) mass is 488 g/mol. The Kier molecular flexibility index (Phi) is 5.87. The minimum atomic E-state index is 0.262. The number of ether oxygens (including phenoxy) is 1. The largest absolute Gasteiger partial charge is 0.492 e. The van der Waals surface area contributed by atoms with Crippen LogP contribution in [0.25, 0.3) is 28.3 Å². The highest BCUT2D eigenvalue weighted by Gasteiger charge is 2.20. The summed E-state index contributed by atoms with van der Waals surface area (Å²) in [5, 5.41) is 9.82. The molecule has 0 atom stereocenters. The van der Waals surface area contributed by atoms with Gasteiger partial charge in [-0.1, -0.05) is 0 Å². The highest BCUT2D eigenvalue weighted by molar-refractivity contribution is 5.90. The molecule has 0 amide bonds. The fourth-order valence-corrected chi connectivity index (χ4v) is 4.53. The molecule has 36 heavy (non-hydrogen) atoms. The van der Waals surface area contributed by atoms with E-state index in [1.807, 2.05) is 22.9 Å². The highest BCUT2D eigenvalue weighted by Crippen LogP contribution is 2.24. The summed E-state index contributed by atoms with van der Waals surface area (Å²) in [5.74, 6) is 2.15. The number of aromatic nitrogens is 6. The zero-order valence-electron chi connectivity index (χ0n) is 19.8. The van der Waals surface area contributed by atoms with Crippen molar-refractivity contribution in [2.45, 2.75) is 6.54 Å². The number of piperazine rings is 1. The summed E-state index contributed by atoms with van der Waals surface area (Å²) in [6.07, 6.45) is 3.36. The van der Waals surface area contributed by atoms with E-state index in [2.05, 4.69) is 42.1 Å². The Morgan fingerprint density at radius 1 is 0.972 bits per heavy atom. The molecule has 186 valence electrons. The Labute approximate surface area is 207 Å². The molecular weight excluding hydrogens is 460 g/mol. The second-order valence-electron chi connectivity index (χ2n) is 8.68. The quantitative estimate of drug-likeness (QED) is 0.330. The zero-order valence-corrected chi connectivity index (χ0v) is 19.8. The van der Waals surface area contributed by atoms with Crippen LogP contribution in [0.15, 0.2) is 53.3 Å². The Hall–Kier alpha value is -4.16. The van der Waals surface area contributed by atoms with Crippen molar-refractivity contribution in [2.24, 2.45) is 5.73 Å². The maximum absolute atomic E-state index is 6.21. The van der Waals surface area contributed by atoms with Gasteiger partial charge in [-0.2, -0.15) is 14.6 Å². The van der Waals surface area contributed by atoms with Crippen LogP contribution >= 0.6 is 0 Å². The summed E-state index contributed by atoms with van der Waals surface area (Å²) >= 11 is 0. The van der Waals surface area contributed by atoms with E-state index >= 15 is 0 Å². The van der Waals surface area contributed by atoms with E-state index in [1.54, 1.807) is 18.5 Å². The fraction of sp³-hybridized carbons (Fsp3) is 0.333. The molecule has 12 nitrogen and oxygen atoms in total. The molecule has 0 aliphatic carbocycles. The van der Waals surface area contributed by atoms with Gasteiger partial charge in [0.2, 0.25) is 11.8 Å². The number of fused-ring (bicyclic) bond motifs is 3. The zero-order chi connectivity index (χ0) is 24.5. The van der Waals surface area contributed by atoms with Gasteiger partial charge >= 0.3 is 0 Å². The molecular formula is C24H28N10O2. The normalized spacial score (nSPS) is 14.8. The summed E-state index contributed by atoms with van der Waals surface area (Å²) in [5.41, 5.74) is 14.2. The molecule has 1 fully saturated rings. The van der Waals surface area contributed by atoms with Crippen LogP contribution < -0.4 is 21.1 Å². The van der Waals surface area contributed by atoms with Gasteiger partial charge < -0.3 is 25.5 Å². The number of benzene rings is 1. The lowest BCUT2D eigenvalue weighted by Crippen LogP contribution is -2.47. The number of nitrogens with zero attached hydrogens (tertiary/aromatic N) is 8. The second-order valence-corrected chi connectivity index (χ2v) is 8.68. The molecule has 4 aromatic heterocycles. The van der Waals surface area contributed by atoms with Crippen molar-refractivity contribution < 1.29 is 9.15 Å². The van der Waals surface area contributed by atoms with E-state index in [-0.39, 0.29) is 5.95 Å². The van der Waals surface area contributed by atoms with Crippen LogP contribution in [-0.4, -0.2) is 80.1 Å². The first kappa shape index (κ1) is 22.3. The van der Waals surface area contributed by atoms with Crippen molar-refractivity contribution in [3.63, 3.8) is 0 Å². The van der Waals surface area contributed by atoms with Crippen molar-refractivity contribution >= 4 is 28.3 Å². The van der Waals surface area contributed by atoms with E-state index in [9.17, 15) is 0 Å². The molecule has 6 rings (SSSR count). The third kappa shape index (κ3) is 4.20. The van der Waals surface area contributed by atoms with E-state index in [0.717, 1.165) is 43.9 Å². The Bertz CT molecular complexity index is 1450. The van der Waals surface area contributed by atoms with Crippen LogP contribution in [0.1, 0.15) is 0 Å². The molecule has 5 heterocycles. The van der Waals surface area contributed by atoms with Gasteiger partial charge in [-0.25, -0.2) is 9.67 Å². The van der Waals surface area contributed by atoms with Crippen LogP contribution in [0.3, 0.4) is 0 Å². The third-order valence-electron chi connectivity index (χ3n) is 6.43. The van der Waals surface area contributed by atoms with Crippen LogP contribution in [0.4, 0.5) is 11.6 Å². The average molecular weight is 489 g/mol. The van der Waals surface area contributed by atoms with Crippen molar-refractivity contribution in [1.82, 2.24) is 34.3 Å². The van der Waals surface area contributed by atoms with Crippen molar-refractivity contribution in [2.75, 3.05) is 56.5 Å². The number of nitrogens with two attached hydrogens (primary N) is 2. The SMILES string of the molecule is NCCOc1ccc(N2CCN(CCn3ncc4c3nc(N)n3nc(-c5ccco5)nc43)CC2)cc1. The number of hydrogen-bond donors (Lipinski definition) is 2. The minimum absolute atomic E-state index is 0.262. The van der Waals surface area contributed by atoms with Gasteiger partial charge in [0.25, 0.3) is 0 Å². The first-order valence-corrected chi connectivity index (χ1v) is 12.0. The van der Waals surface area contributed by atoms with Crippen molar-refractivity contribution in [3.05, 3.63) is 48.9 Å². The van der Waals surface area contributed by atoms with Gasteiger partial charge in [0.1, 0.15) is 12.4 Å². The van der Waals surface area contributed by atoms with Gasteiger partial charge in [0, 0.05) is 45.0 Å². The smallest absolute Gasteiger partial charge is 0.225 e. The lowest BCUT2D eigenvalue weighted by atomic mass is 10.2. The first-order valence-electron chi connectivity index (χ1n) is 12.0. The predicted octanol–water partition coefficient (Wildman–Crippen LogP) is 1.48. The van der Waals surface area contributed by atoms with Crippen molar-refractivity contribution in [3.8, 4) is 17.3 Å². The van der Waals surface area contributed by atoms with Crippen molar-refractivity contribution in [1.29, 1.82) is 0 Å². The number of nitrogen functional groups attached to an aromatic ring is 1. The number of furan rings is 1. The molecule has 5 aromatic rings. The van der Waals surface area contributed by atoms with E-state index < -0.39 is 0 Å². The molecule has 0 radical (unpaired) electrons. The van der Waals surface area contributed by atoms with E-state index in [0.29, 0.717) is 42.6 Å². The molecule has 12 heteroatoms. The standard InChI is InChI=1S/C24H28N10O2/c25-7-15-35-18-5-3-17(4-6-18)32-11-8-31(9-12-32)10-13-33-22-19(16-27-33)23-28-21(20-2-1-14-36-20)30-34(23)24(26)29-22/h1-6,14,16H,7-13,15,25H2,(H2,26,29). The molecule has 1 saturated heterocycles. The van der Waals surface area contributed by atoms with Gasteiger partial charge in [0.05, 0.1) is 24.4 Å². The molecule has 4 N–H and O–H groups in total. The lowest BCUT2D eigenvalue weighted by Gasteiger charge is -2.36. The predicted molar refractivity (Wildman–Crippen MR) is 136 cm³/mol. The number of rotatable bonds is 8. The number of anilines is 2. The van der Waals surface area contributed by atoms with Gasteiger partial charge in [0.15, 0.2) is 17.1 Å². The molecule has 0 spiro atoms. The maximum atomic E-state index is 6.21. The summed E-state index contributed by atoms with van der Waals surface area (Å²) < 4.78 is 14.4. The first-order chi connectivity index (χ1) is 17.7. The van der Waals surface area contributed by atoms with Gasteiger partial charge in [-0.05, 0) is 36.4 Å². The van der Waals surface area contributed by atoms with Crippen LogP contribution in [0, 0.1) is 0 Å². The number of hydrogen-bond acceptors (Lipinski definition) is 10. The minimum Gasteiger partial charge on any atom is -0.492 e. The fourth-order valence-electron chi connectivity index (χ4n) is 4.53. The van der Waals surface area contributed by atoms with E-state index in [1.165, 1.54) is 10.2 Å². The second kappa shape index (κ2) is 9.47. The Balaban J connectivity index is 1.11. The van der Waals surface area contributed by atoms with Gasteiger partial charge in [-0.15, -0.1) is 5.10 Å². The lowest BCUT2D eigenvalue weighted by molar-refractivity contribution is 0.245. The summed E-state index contributed by atoms with van der Waals surface area (Å²) in [6, 6.07) is 11.8. The van der Waals surface area contributed by atoms with Gasteiger partial charge in [-0.3, -0.25) is 4.90 Å². The van der Waals surface area contributed by atoms with Crippen LogP contribution in [-0.2, 0) is 6.54 Å². The molecule has 1 aliphatic heterocycles. The average Bonchev–Trinajstić information content (AvgIpc) is 3.67. The molecule has 1 aromatic carbocycles. The van der Waals surface area contributed by atoms with Crippen LogP contribution in [0.2, 0.25) is 0 Å². The molecule has 0 bridgehead atoms. The highest BCUT2D eigenvalue weighted by atomic mass is 16.5. The van der Waals surface area contributed by atoms with Crippen LogP contribution in [0.5, 0.6) is 5.75 Å². The Morgan fingerprint density at radius 3 is 2.56 bits per heavy atom. The summed E-state index contributed by atoms with van der Waals surface area (Å²) in [6.45, 7) is 6.49. The molecule has 1 aliphatic rings. The summed E-state index contributed by atoms with van der Waals surface area (Å²) in [4.78, 5) is 14.0. The van der Waals surface area contributed by atoms with E-state index in [4.69, 9.17) is 20.6 Å².